The fourth-order valence-corrected chi connectivity index (χ4v) is 4.56. The van der Waals surface area contributed by atoms with E-state index in [0.29, 0.717) is 18.8 Å². The van der Waals surface area contributed by atoms with E-state index in [-0.39, 0.29) is 17.9 Å². The second-order valence-electron chi connectivity index (χ2n) is 11.2. The average molecular weight is 633 g/mol. The van der Waals surface area contributed by atoms with Crippen LogP contribution in [-0.4, -0.2) is 50.4 Å². The first-order valence-electron chi connectivity index (χ1n) is 16.5. The summed E-state index contributed by atoms with van der Waals surface area (Å²) in [6.45, 7) is 7.46. The van der Waals surface area contributed by atoms with Gasteiger partial charge in [-0.3, -0.25) is 0 Å². The zero-order valence-electron chi connectivity index (χ0n) is 27.5. The van der Waals surface area contributed by atoms with Gasteiger partial charge < -0.3 is 23.7 Å². The van der Waals surface area contributed by atoms with Crippen molar-refractivity contribution in [3.05, 3.63) is 83.9 Å². The summed E-state index contributed by atoms with van der Waals surface area (Å²) >= 11 is 0. The Balaban J connectivity index is 1.40. The monoisotopic (exact) mass is 632 g/mol. The zero-order chi connectivity index (χ0) is 33.0. The number of ether oxygens (including phenoxy) is 5. The second kappa shape index (κ2) is 20.8. The summed E-state index contributed by atoms with van der Waals surface area (Å²) in [6.07, 6.45) is 9.66. The molecule has 0 bridgehead atoms. The number of hydrogen-bond acceptors (Lipinski definition) is 8. The second-order valence-corrected chi connectivity index (χ2v) is 11.2. The van der Waals surface area contributed by atoms with Gasteiger partial charge in [-0.15, -0.1) is 0 Å². The molecule has 0 aliphatic carbocycles. The molecule has 248 valence electrons. The lowest BCUT2D eigenvalue weighted by atomic mass is 10.0. The highest BCUT2D eigenvalue weighted by Crippen LogP contribution is 2.24. The number of esters is 3. The predicted octanol–water partition coefficient (Wildman–Crippen LogP) is 8.61. The average Bonchev–Trinajstić information content (AvgIpc) is 3.08. The number of unbranched alkanes of at least 4 members (excludes halogenated alkanes) is 7. The van der Waals surface area contributed by atoms with Crippen LogP contribution in [0.5, 0.6) is 11.5 Å². The highest BCUT2D eigenvalue weighted by molar-refractivity contribution is 5.93. The fourth-order valence-electron chi connectivity index (χ4n) is 4.56. The van der Waals surface area contributed by atoms with Crippen LogP contribution in [-0.2, 0) is 19.0 Å². The molecule has 0 aliphatic rings. The maximum absolute atomic E-state index is 12.7. The van der Waals surface area contributed by atoms with Crippen molar-refractivity contribution in [1.29, 1.82) is 0 Å². The van der Waals surface area contributed by atoms with E-state index in [1.54, 1.807) is 12.1 Å². The van der Waals surface area contributed by atoms with Crippen LogP contribution in [0, 0.1) is 0 Å². The molecular weight excluding hydrogens is 584 g/mol. The SMILES string of the molecule is CCCCCCCCCOc1ccc(-c2ccc(C(=O)Oc3ccc(C(=O)OC(C)C(=O)OCCOCCCC)cc3)cc2)cc1. The number of carbonyl (C=O) groups excluding carboxylic acids is 3. The molecule has 0 saturated carbocycles. The van der Waals surface area contributed by atoms with Crippen LogP contribution in [0.25, 0.3) is 11.1 Å². The predicted molar refractivity (Wildman–Crippen MR) is 178 cm³/mol. The highest BCUT2D eigenvalue weighted by atomic mass is 16.6. The van der Waals surface area contributed by atoms with Crippen LogP contribution >= 0.6 is 0 Å². The summed E-state index contributed by atoms with van der Waals surface area (Å²) in [4.78, 5) is 37.3. The van der Waals surface area contributed by atoms with Gasteiger partial charge in [0.25, 0.3) is 0 Å². The van der Waals surface area contributed by atoms with Gasteiger partial charge in [-0.2, -0.15) is 0 Å². The van der Waals surface area contributed by atoms with Gasteiger partial charge in [0.1, 0.15) is 18.1 Å². The summed E-state index contributed by atoms with van der Waals surface area (Å²) in [5.74, 6) is -0.737. The number of carbonyl (C=O) groups is 3. The van der Waals surface area contributed by atoms with Crippen LogP contribution < -0.4 is 9.47 Å². The van der Waals surface area contributed by atoms with E-state index >= 15 is 0 Å². The minimum Gasteiger partial charge on any atom is -0.494 e. The Morgan fingerprint density at radius 3 is 1.76 bits per heavy atom. The largest absolute Gasteiger partial charge is 0.494 e. The molecule has 0 aliphatic heterocycles. The van der Waals surface area contributed by atoms with Gasteiger partial charge >= 0.3 is 17.9 Å². The summed E-state index contributed by atoms with van der Waals surface area (Å²) in [5, 5.41) is 0. The first-order valence-corrected chi connectivity index (χ1v) is 16.5. The molecule has 3 aromatic carbocycles. The molecule has 3 aromatic rings. The smallest absolute Gasteiger partial charge is 0.347 e. The van der Waals surface area contributed by atoms with Gasteiger partial charge in [0, 0.05) is 6.61 Å². The van der Waals surface area contributed by atoms with Crippen molar-refractivity contribution in [3.8, 4) is 22.6 Å². The maximum Gasteiger partial charge on any atom is 0.347 e. The Bertz CT molecular complexity index is 1320. The Hall–Kier alpha value is -4.17. The first kappa shape index (κ1) is 36.3. The van der Waals surface area contributed by atoms with E-state index in [1.165, 1.54) is 69.7 Å². The molecule has 0 N–H and O–H groups in total. The lowest BCUT2D eigenvalue weighted by molar-refractivity contribution is -0.154. The zero-order valence-corrected chi connectivity index (χ0v) is 27.5. The molecule has 1 atom stereocenters. The van der Waals surface area contributed by atoms with Crippen LogP contribution in [0.4, 0.5) is 0 Å². The molecule has 0 fully saturated rings. The Morgan fingerprint density at radius 1 is 0.565 bits per heavy atom. The van der Waals surface area contributed by atoms with Gasteiger partial charge in [-0.05, 0) is 79.4 Å². The Morgan fingerprint density at radius 2 is 1.11 bits per heavy atom. The molecule has 0 aromatic heterocycles. The molecular formula is C38H48O8. The summed E-state index contributed by atoms with van der Waals surface area (Å²) < 4.78 is 27.0. The number of hydrogen-bond donors (Lipinski definition) is 0. The number of benzene rings is 3. The quantitative estimate of drug-likeness (QED) is 0.0654. The van der Waals surface area contributed by atoms with Gasteiger partial charge in [-0.1, -0.05) is 83.1 Å². The molecule has 3 rings (SSSR count). The normalized spacial score (nSPS) is 11.5. The summed E-state index contributed by atoms with van der Waals surface area (Å²) in [5.41, 5.74) is 2.59. The van der Waals surface area contributed by atoms with Crippen molar-refractivity contribution < 1.29 is 38.1 Å². The fraction of sp³-hybridized carbons (Fsp3) is 0.447. The lowest BCUT2D eigenvalue weighted by Gasteiger charge is -2.13. The summed E-state index contributed by atoms with van der Waals surface area (Å²) in [7, 11) is 0. The van der Waals surface area contributed by atoms with Gasteiger partial charge in [0.05, 0.1) is 24.3 Å². The standard InChI is InChI=1S/C38H48O8/c1-4-6-8-9-10-11-12-26-43-34-21-17-31(18-22-34)30-13-15-32(16-14-30)38(41)46-35-23-19-33(20-24-35)37(40)45-29(3)36(39)44-28-27-42-25-7-5-2/h13-24,29H,4-12,25-28H2,1-3H3. The third-order valence-electron chi connectivity index (χ3n) is 7.36. The third kappa shape index (κ3) is 13.1. The van der Waals surface area contributed by atoms with Crippen molar-refractivity contribution in [2.24, 2.45) is 0 Å². The van der Waals surface area contributed by atoms with Crippen molar-refractivity contribution in [2.75, 3.05) is 26.4 Å². The van der Waals surface area contributed by atoms with Gasteiger partial charge in [-0.25, -0.2) is 14.4 Å². The molecule has 0 amide bonds. The van der Waals surface area contributed by atoms with Crippen molar-refractivity contribution in [3.63, 3.8) is 0 Å². The van der Waals surface area contributed by atoms with Crippen molar-refractivity contribution in [2.45, 2.75) is 84.7 Å². The molecule has 46 heavy (non-hydrogen) atoms. The molecule has 0 radical (unpaired) electrons. The Kier molecular flexibility index (Phi) is 16.4. The molecule has 1 unspecified atom stereocenters. The minimum absolute atomic E-state index is 0.0925. The van der Waals surface area contributed by atoms with E-state index in [9.17, 15) is 14.4 Å². The van der Waals surface area contributed by atoms with E-state index in [0.717, 1.165) is 42.7 Å². The maximum atomic E-state index is 12.7. The van der Waals surface area contributed by atoms with Crippen molar-refractivity contribution in [1.82, 2.24) is 0 Å². The topological polar surface area (TPSA) is 97.4 Å². The van der Waals surface area contributed by atoms with Crippen LogP contribution in [0.3, 0.4) is 0 Å². The number of rotatable bonds is 21. The molecule has 0 saturated heterocycles. The van der Waals surface area contributed by atoms with Crippen LogP contribution in [0.1, 0.15) is 99.3 Å². The van der Waals surface area contributed by atoms with Crippen LogP contribution in [0.2, 0.25) is 0 Å². The van der Waals surface area contributed by atoms with E-state index in [2.05, 4.69) is 13.8 Å². The minimum atomic E-state index is -1.07. The van der Waals surface area contributed by atoms with E-state index in [4.69, 9.17) is 23.7 Å². The Labute approximate surface area is 273 Å². The highest BCUT2D eigenvalue weighted by Gasteiger charge is 2.20. The van der Waals surface area contributed by atoms with Gasteiger partial charge in [0.2, 0.25) is 0 Å². The van der Waals surface area contributed by atoms with E-state index < -0.39 is 24.0 Å². The third-order valence-corrected chi connectivity index (χ3v) is 7.36. The molecule has 8 nitrogen and oxygen atoms in total. The van der Waals surface area contributed by atoms with Crippen molar-refractivity contribution >= 4 is 17.9 Å². The lowest BCUT2D eigenvalue weighted by Crippen LogP contribution is -2.27. The molecule has 0 spiro atoms. The summed E-state index contributed by atoms with van der Waals surface area (Å²) in [6, 6.07) is 21.1. The van der Waals surface area contributed by atoms with Gasteiger partial charge in [0.15, 0.2) is 6.10 Å². The molecule has 8 heteroatoms. The van der Waals surface area contributed by atoms with Crippen LogP contribution in [0.15, 0.2) is 72.8 Å². The van der Waals surface area contributed by atoms with E-state index in [1.807, 2.05) is 36.4 Å². The molecule has 0 heterocycles. The first-order chi connectivity index (χ1) is 22.4.